The van der Waals surface area contributed by atoms with E-state index in [0.717, 1.165) is 63.1 Å². The van der Waals surface area contributed by atoms with Crippen LogP contribution in [0.25, 0.3) is 0 Å². The van der Waals surface area contributed by atoms with Gasteiger partial charge in [-0.05, 0) is 55.5 Å². The second-order valence-corrected chi connectivity index (χ2v) is 7.95. The molecule has 0 aliphatic carbocycles. The number of carbonyl (C=O) groups is 1. The number of methoxy groups -OCH3 is 1. The van der Waals surface area contributed by atoms with Crippen molar-refractivity contribution in [1.82, 2.24) is 4.90 Å². The molecule has 0 amide bonds. The third-order valence-corrected chi connectivity index (χ3v) is 5.75. The van der Waals surface area contributed by atoms with Gasteiger partial charge in [-0.1, -0.05) is 48.9 Å². The second kappa shape index (κ2) is 13.4. The van der Waals surface area contributed by atoms with E-state index in [9.17, 15) is 4.79 Å². The lowest BCUT2D eigenvalue weighted by molar-refractivity contribution is -0.137. The molecule has 0 bridgehead atoms. The number of nitrogens with zero attached hydrogens (tertiary/aromatic N) is 1. The van der Waals surface area contributed by atoms with Crippen LogP contribution in [0.2, 0.25) is 0 Å². The zero-order valence-corrected chi connectivity index (χ0v) is 19.1. The number of halogens is 1. The predicted molar refractivity (Wildman–Crippen MR) is 125 cm³/mol. The summed E-state index contributed by atoms with van der Waals surface area (Å²) in [4.78, 5) is 13.1. The molecule has 1 saturated heterocycles. The Bertz CT molecular complexity index is 761. The van der Waals surface area contributed by atoms with E-state index in [2.05, 4.69) is 41.3 Å². The summed E-state index contributed by atoms with van der Waals surface area (Å²) in [7, 11) is 1.68. The molecule has 170 valence electrons. The van der Waals surface area contributed by atoms with Crippen LogP contribution in [-0.4, -0.2) is 48.8 Å². The molecule has 3 rings (SSSR count). The van der Waals surface area contributed by atoms with Gasteiger partial charge in [-0.15, -0.1) is 12.4 Å². The first-order valence-corrected chi connectivity index (χ1v) is 10.9. The van der Waals surface area contributed by atoms with E-state index in [0.29, 0.717) is 0 Å². The molecule has 1 fully saturated rings. The van der Waals surface area contributed by atoms with Gasteiger partial charge < -0.3 is 19.5 Å². The van der Waals surface area contributed by atoms with Crippen molar-refractivity contribution < 1.29 is 19.4 Å². The molecule has 1 aliphatic heterocycles. The predicted octanol–water partition coefficient (Wildman–Crippen LogP) is 5.33. The number of unbranched alkanes of at least 4 members (excludes halogenated alkanes) is 2. The maximum absolute atomic E-state index is 10.6. The number of ether oxygens (including phenoxy) is 2. The molecule has 6 heteroatoms. The molecule has 1 heterocycles. The number of carboxylic acids is 1. The summed E-state index contributed by atoms with van der Waals surface area (Å²) < 4.78 is 11.9. The lowest BCUT2D eigenvalue weighted by Crippen LogP contribution is -2.38. The molecule has 1 unspecified atom stereocenters. The highest BCUT2D eigenvalue weighted by Crippen LogP contribution is 2.31. The van der Waals surface area contributed by atoms with Gasteiger partial charge in [-0.25, -0.2) is 0 Å². The van der Waals surface area contributed by atoms with Crippen molar-refractivity contribution in [1.29, 1.82) is 0 Å². The molecule has 1 atom stereocenters. The van der Waals surface area contributed by atoms with Crippen LogP contribution in [0, 0.1) is 0 Å². The summed E-state index contributed by atoms with van der Waals surface area (Å²) in [5.74, 6) is 0.153. The Balaban J connectivity index is 0.00000341. The van der Waals surface area contributed by atoms with Gasteiger partial charge in [0, 0.05) is 19.5 Å². The van der Waals surface area contributed by atoms with Crippen LogP contribution in [0.1, 0.15) is 55.8 Å². The van der Waals surface area contributed by atoms with Gasteiger partial charge in [0.15, 0.2) is 0 Å². The molecule has 0 spiro atoms. The van der Waals surface area contributed by atoms with E-state index in [1.54, 1.807) is 7.11 Å². The van der Waals surface area contributed by atoms with E-state index < -0.39 is 5.97 Å². The smallest absolute Gasteiger partial charge is 0.303 e. The number of hydrogen-bond acceptors (Lipinski definition) is 4. The van der Waals surface area contributed by atoms with Crippen LogP contribution in [0.3, 0.4) is 0 Å². The molecule has 2 aromatic carbocycles. The van der Waals surface area contributed by atoms with Crippen molar-refractivity contribution in [3.8, 4) is 5.75 Å². The molecule has 1 N–H and O–H groups in total. The summed E-state index contributed by atoms with van der Waals surface area (Å²) in [5.41, 5.74) is 2.31. The fourth-order valence-electron chi connectivity index (χ4n) is 4.01. The van der Waals surface area contributed by atoms with Crippen LogP contribution < -0.4 is 4.74 Å². The zero-order valence-electron chi connectivity index (χ0n) is 18.2. The highest BCUT2D eigenvalue weighted by molar-refractivity contribution is 5.85. The summed E-state index contributed by atoms with van der Waals surface area (Å²) in [5, 5.41) is 8.72. The van der Waals surface area contributed by atoms with Gasteiger partial charge >= 0.3 is 5.97 Å². The van der Waals surface area contributed by atoms with Crippen LogP contribution in [0.5, 0.6) is 5.75 Å². The summed E-state index contributed by atoms with van der Waals surface area (Å²) in [6, 6.07) is 18.5. The van der Waals surface area contributed by atoms with Gasteiger partial charge in [0.1, 0.15) is 11.9 Å². The second-order valence-electron chi connectivity index (χ2n) is 7.95. The number of aliphatic carboxylic acids is 1. The molecule has 0 aromatic heterocycles. The maximum atomic E-state index is 10.6. The average molecular weight is 448 g/mol. The third-order valence-electron chi connectivity index (χ3n) is 5.75. The first-order chi connectivity index (χ1) is 14.7. The monoisotopic (exact) mass is 447 g/mol. The van der Waals surface area contributed by atoms with Gasteiger partial charge in [0.2, 0.25) is 0 Å². The molecule has 0 radical (unpaired) electrons. The number of benzene rings is 2. The van der Waals surface area contributed by atoms with Gasteiger partial charge in [-0.3, -0.25) is 4.79 Å². The van der Waals surface area contributed by atoms with Crippen molar-refractivity contribution in [3.05, 3.63) is 65.7 Å². The highest BCUT2D eigenvalue weighted by atomic mass is 35.5. The van der Waals surface area contributed by atoms with E-state index in [4.69, 9.17) is 14.6 Å². The van der Waals surface area contributed by atoms with Gasteiger partial charge in [-0.2, -0.15) is 0 Å². The van der Waals surface area contributed by atoms with Gasteiger partial charge in [0.05, 0.1) is 13.2 Å². The first-order valence-electron chi connectivity index (χ1n) is 10.9. The fourth-order valence-corrected chi connectivity index (χ4v) is 4.01. The number of rotatable bonds is 11. The molecule has 2 aromatic rings. The van der Waals surface area contributed by atoms with Crippen LogP contribution in [-0.2, 0) is 9.53 Å². The quantitative estimate of drug-likeness (QED) is 0.471. The average Bonchev–Trinajstić information content (AvgIpc) is 2.79. The normalized spacial score (nSPS) is 15.8. The largest absolute Gasteiger partial charge is 0.497 e. The molecule has 5 nitrogen and oxygen atoms in total. The Kier molecular flexibility index (Phi) is 10.9. The zero-order chi connectivity index (χ0) is 21.2. The van der Waals surface area contributed by atoms with Crippen LogP contribution in [0.4, 0.5) is 0 Å². The van der Waals surface area contributed by atoms with Crippen molar-refractivity contribution >= 4 is 18.4 Å². The van der Waals surface area contributed by atoms with Crippen molar-refractivity contribution in [2.24, 2.45) is 0 Å². The van der Waals surface area contributed by atoms with E-state index in [1.165, 1.54) is 5.56 Å². The molecule has 0 saturated carbocycles. The van der Waals surface area contributed by atoms with Crippen molar-refractivity contribution in [2.45, 2.75) is 50.7 Å². The lowest BCUT2D eigenvalue weighted by Gasteiger charge is -2.34. The fraction of sp³-hybridized carbons (Fsp3) is 0.480. The summed E-state index contributed by atoms with van der Waals surface area (Å²) >= 11 is 0. The van der Waals surface area contributed by atoms with Crippen LogP contribution in [0.15, 0.2) is 54.6 Å². The number of piperidine rings is 1. The molecular formula is C25H34ClNO4. The van der Waals surface area contributed by atoms with E-state index >= 15 is 0 Å². The van der Waals surface area contributed by atoms with E-state index in [1.807, 2.05) is 18.2 Å². The van der Waals surface area contributed by atoms with E-state index in [-0.39, 0.29) is 31.0 Å². The summed E-state index contributed by atoms with van der Waals surface area (Å²) in [6.07, 6.45) is 5.30. The van der Waals surface area contributed by atoms with Crippen LogP contribution >= 0.6 is 12.4 Å². The standard InChI is InChI=1S/C25H33NO4.ClH/c1-29-22-13-11-21(12-14-22)25(20-8-4-2-5-9-20)30-23-15-18-26(19-16-23)17-7-3-6-10-24(27)28;/h2,4-5,8-9,11-14,23,25H,3,6-7,10,15-19H2,1H3,(H,27,28);1H. The van der Waals surface area contributed by atoms with Crippen molar-refractivity contribution in [3.63, 3.8) is 0 Å². The minimum absolute atomic E-state index is 0. The summed E-state index contributed by atoms with van der Waals surface area (Å²) in [6.45, 7) is 3.12. The third kappa shape index (κ3) is 8.17. The minimum atomic E-state index is -0.696. The number of carboxylic acid groups (broad SMARTS) is 1. The Labute approximate surface area is 191 Å². The molecular weight excluding hydrogens is 414 g/mol. The topological polar surface area (TPSA) is 59.0 Å². The Morgan fingerprint density at radius 3 is 2.26 bits per heavy atom. The minimum Gasteiger partial charge on any atom is -0.497 e. The van der Waals surface area contributed by atoms with Crippen molar-refractivity contribution in [2.75, 3.05) is 26.7 Å². The first kappa shape index (κ1) is 25.2. The number of likely N-dealkylation sites (tertiary alicyclic amines) is 1. The molecule has 31 heavy (non-hydrogen) atoms. The van der Waals surface area contributed by atoms with Gasteiger partial charge in [0.25, 0.3) is 0 Å². The lowest BCUT2D eigenvalue weighted by atomic mass is 10.00. The molecule has 1 aliphatic rings. The number of hydrogen-bond donors (Lipinski definition) is 1. The maximum Gasteiger partial charge on any atom is 0.303 e. The SMILES string of the molecule is COc1ccc(C(OC2CCN(CCCCCC(=O)O)CC2)c2ccccc2)cc1.Cl. The Hall–Kier alpha value is -2.08. The Morgan fingerprint density at radius 2 is 1.65 bits per heavy atom. The highest BCUT2D eigenvalue weighted by Gasteiger charge is 2.24. The Morgan fingerprint density at radius 1 is 1.00 bits per heavy atom.